The molecule has 1 aliphatic heterocycles. The number of halogens is 3. The number of carboxylic acid groups (broad SMARTS) is 1. The predicted molar refractivity (Wildman–Crippen MR) is 121 cm³/mol. The molecule has 1 atom stereocenters. The second-order valence-electron chi connectivity index (χ2n) is 9.82. The number of benzene rings is 1. The van der Waals surface area contributed by atoms with Crippen LogP contribution in [-0.2, 0) is 32.9 Å². The SMILES string of the molecule is COC1CCC2(CC1)Cc1ccc(CCC(C)C)cc1C21N=C(N)N(C)O1.O=C(O)C(F)(F)F. The number of aliphatic carboxylic acids is 1. The Morgan fingerprint density at radius 1 is 1.35 bits per heavy atom. The van der Waals surface area contributed by atoms with Gasteiger partial charge in [-0.15, -0.1) is 0 Å². The molecule has 1 saturated carbocycles. The molecule has 7 nitrogen and oxygen atoms in total. The fourth-order valence-corrected chi connectivity index (χ4v) is 5.19. The quantitative estimate of drug-likeness (QED) is 0.657. The first-order valence-corrected chi connectivity index (χ1v) is 11.6. The van der Waals surface area contributed by atoms with Crippen molar-refractivity contribution in [1.29, 1.82) is 0 Å². The van der Waals surface area contributed by atoms with Crippen LogP contribution in [0.4, 0.5) is 13.2 Å². The number of aryl methyl sites for hydroxylation is 1. The van der Waals surface area contributed by atoms with E-state index in [1.807, 2.05) is 14.2 Å². The largest absolute Gasteiger partial charge is 0.490 e. The lowest BCUT2D eigenvalue weighted by atomic mass is 9.66. The molecule has 10 heteroatoms. The first-order chi connectivity index (χ1) is 15.8. The van der Waals surface area contributed by atoms with Crippen LogP contribution in [0.25, 0.3) is 0 Å². The van der Waals surface area contributed by atoms with Crippen molar-refractivity contribution >= 4 is 11.9 Å². The lowest BCUT2D eigenvalue weighted by molar-refractivity contribution is -0.232. The first kappa shape index (κ1) is 26.3. The zero-order chi connectivity index (χ0) is 25.3. The number of guanidine groups is 1. The highest BCUT2D eigenvalue weighted by Gasteiger charge is 2.63. The van der Waals surface area contributed by atoms with Gasteiger partial charge in [0.05, 0.1) is 6.10 Å². The molecule has 0 bridgehead atoms. The van der Waals surface area contributed by atoms with E-state index in [4.69, 9.17) is 30.2 Å². The van der Waals surface area contributed by atoms with Gasteiger partial charge in [0.1, 0.15) is 0 Å². The number of hydrogen-bond donors (Lipinski definition) is 2. The summed E-state index contributed by atoms with van der Waals surface area (Å²) in [5.41, 5.74) is 9.46. The summed E-state index contributed by atoms with van der Waals surface area (Å²) in [7, 11) is 3.68. The summed E-state index contributed by atoms with van der Waals surface area (Å²) in [6, 6.07) is 6.93. The van der Waals surface area contributed by atoms with E-state index >= 15 is 0 Å². The maximum atomic E-state index is 10.6. The molecule has 34 heavy (non-hydrogen) atoms. The lowest BCUT2D eigenvalue weighted by Gasteiger charge is -2.45. The number of carbonyl (C=O) groups is 1. The molecule has 1 fully saturated rings. The Bertz CT molecular complexity index is 927. The van der Waals surface area contributed by atoms with Crippen molar-refractivity contribution in [2.45, 2.75) is 76.8 Å². The van der Waals surface area contributed by atoms with Gasteiger partial charge in [-0.1, -0.05) is 32.0 Å². The molecule has 0 aromatic heterocycles. The van der Waals surface area contributed by atoms with Crippen molar-refractivity contribution in [2.75, 3.05) is 14.2 Å². The number of nitrogens with zero attached hydrogens (tertiary/aromatic N) is 2. The van der Waals surface area contributed by atoms with Crippen LogP contribution in [-0.4, -0.2) is 48.5 Å². The van der Waals surface area contributed by atoms with Crippen molar-refractivity contribution < 1.29 is 32.6 Å². The molecule has 2 spiro atoms. The van der Waals surface area contributed by atoms with Crippen molar-refractivity contribution in [3.05, 3.63) is 34.9 Å². The van der Waals surface area contributed by atoms with Crippen LogP contribution >= 0.6 is 0 Å². The lowest BCUT2D eigenvalue weighted by Crippen LogP contribution is -2.46. The summed E-state index contributed by atoms with van der Waals surface area (Å²) in [6.45, 7) is 4.55. The van der Waals surface area contributed by atoms with E-state index in [9.17, 15) is 13.2 Å². The second-order valence-corrected chi connectivity index (χ2v) is 9.82. The summed E-state index contributed by atoms with van der Waals surface area (Å²) >= 11 is 0. The van der Waals surface area contributed by atoms with Gasteiger partial charge in [0.2, 0.25) is 11.7 Å². The summed E-state index contributed by atoms with van der Waals surface area (Å²) in [5, 5.41) is 8.78. The minimum atomic E-state index is -5.08. The third kappa shape index (κ3) is 5.02. The van der Waals surface area contributed by atoms with Crippen molar-refractivity contribution in [2.24, 2.45) is 22.1 Å². The normalized spacial score (nSPS) is 28.2. The molecular weight excluding hydrogens is 451 g/mol. The number of alkyl halides is 3. The van der Waals surface area contributed by atoms with Gasteiger partial charge in [0, 0.05) is 25.1 Å². The van der Waals surface area contributed by atoms with E-state index in [-0.39, 0.29) is 5.41 Å². The molecule has 0 radical (unpaired) electrons. The number of rotatable bonds is 4. The van der Waals surface area contributed by atoms with Gasteiger partial charge in [-0.05, 0) is 62.0 Å². The smallest absolute Gasteiger partial charge is 0.475 e. The number of nitrogens with two attached hydrogens (primary N) is 1. The molecule has 4 rings (SSSR count). The van der Waals surface area contributed by atoms with Crippen LogP contribution in [0.1, 0.15) is 62.6 Å². The van der Waals surface area contributed by atoms with Crippen molar-refractivity contribution in [1.82, 2.24) is 5.06 Å². The van der Waals surface area contributed by atoms with Gasteiger partial charge in [-0.3, -0.25) is 0 Å². The van der Waals surface area contributed by atoms with Crippen LogP contribution in [0, 0.1) is 11.3 Å². The number of ether oxygens (including phenoxy) is 1. The number of methoxy groups -OCH3 is 1. The van der Waals surface area contributed by atoms with E-state index in [2.05, 4.69) is 32.0 Å². The third-order valence-corrected chi connectivity index (χ3v) is 7.13. The Balaban J connectivity index is 0.000000406. The zero-order valence-electron chi connectivity index (χ0n) is 20.1. The first-order valence-electron chi connectivity index (χ1n) is 11.6. The number of hydroxylamine groups is 2. The molecule has 1 heterocycles. The van der Waals surface area contributed by atoms with E-state index in [1.54, 1.807) is 5.06 Å². The minimum absolute atomic E-state index is 0.0313. The summed E-state index contributed by atoms with van der Waals surface area (Å²) in [4.78, 5) is 20.3. The molecule has 3 N–H and O–H groups in total. The molecule has 0 amide bonds. The monoisotopic (exact) mass is 485 g/mol. The maximum absolute atomic E-state index is 10.6. The van der Waals surface area contributed by atoms with Crippen LogP contribution in [0.15, 0.2) is 23.2 Å². The number of hydrogen-bond acceptors (Lipinski definition) is 6. The van der Waals surface area contributed by atoms with Crippen LogP contribution in [0.2, 0.25) is 0 Å². The van der Waals surface area contributed by atoms with Gasteiger partial charge < -0.3 is 15.6 Å². The molecule has 1 aromatic rings. The van der Waals surface area contributed by atoms with Crippen LogP contribution < -0.4 is 5.73 Å². The Kier molecular flexibility index (Phi) is 7.52. The van der Waals surface area contributed by atoms with Gasteiger partial charge >= 0.3 is 12.1 Å². The summed E-state index contributed by atoms with van der Waals surface area (Å²) in [6.07, 6.45) is 2.75. The maximum Gasteiger partial charge on any atom is 0.490 e. The standard InChI is InChI=1S/C22H33N3O2.C2HF3O2/c1-15(2)5-6-16-7-8-17-14-21(11-9-18(26-4)10-12-21)22(19(17)13-16)24-20(23)25(3)27-22;3-2(4,5)1(6)7/h7-8,13,15,18H,5-6,9-12,14H2,1-4H3,(H2,23,24);(H,6,7). The molecular formula is C24H34F3N3O4. The van der Waals surface area contributed by atoms with Gasteiger partial charge in [0.15, 0.2) is 0 Å². The highest BCUT2D eigenvalue weighted by Crippen LogP contribution is 2.62. The van der Waals surface area contributed by atoms with E-state index in [0.29, 0.717) is 18.0 Å². The molecule has 1 unspecified atom stereocenters. The molecule has 1 aromatic carbocycles. The van der Waals surface area contributed by atoms with Gasteiger partial charge in [-0.2, -0.15) is 13.2 Å². The average Bonchev–Trinajstić information content (AvgIpc) is 3.20. The Morgan fingerprint density at radius 3 is 2.44 bits per heavy atom. The second kappa shape index (κ2) is 9.73. The summed E-state index contributed by atoms with van der Waals surface area (Å²) < 4.78 is 37.4. The minimum Gasteiger partial charge on any atom is -0.475 e. The molecule has 0 saturated heterocycles. The van der Waals surface area contributed by atoms with Gasteiger partial charge in [-0.25, -0.2) is 19.7 Å². The molecule has 2 aliphatic carbocycles. The Morgan fingerprint density at radius 2 is 1.97 bits per heavy atom. The number of fused-ring (bicyclic) bond motifs is 3. The van der Waals surface area contributed by atoms with Crippen LogP contribution in [0.5, 0.6) is 0 Å². The van der Waals surface area contributed by atoms with E-state index < -0.39 is 17.9 Å². The summed E-state index contributed by atoms with van der Waals surface area (Å²) in [5.74, 6) is -1.58. The van der Waals surface area contributed by atoms with E-state index in [1.165, 1.54) is 23.1 Å². The Hall–Kier alpha value is -2.33. The fraction of sp³-hybridized carbons (Fsp3) is 0.667. The van der Waals surface area contributed by atoms with Crippen LogP contribution in [0.3, 0.4) is 0 Å². The highest BCUT2D eigenvalue weighted by atomic mass is 19.4. The van der Waals surface area contributed by atoms with Crippen molar-refractivity contribution in [3.8, 4) is 0 Å². The molecule has 3 aliphatic rings. The Labute approximate surface area is 198 Å². The number of aliphatic imine (C=N–C) groups is 1. The average molecular weight is 486 g/mol. The topological polar surface area (TPSA) is 97.4 Å². The molecule has 190 valence electrons. The zero-order valence-corrected chi connectivity index (χ0v) is 20.1. The third-order valence-electron chi connectivity index (χ3n) is 7.13. The van der Waals surface area contributed by atoms with E-state index in [0.717, 1.165) is 38.5 Å². The highest BCUT2D eigenvalue weighted by molar-refractivity contribution is 5.79. The predicted octanol–water partition coefficient (Wildman–Crippen LogP) is 4.38. The van der Waals surface area contributed by atoms with Crippen molar-refractivity contribution in [3.63, 3.8) is 0 Å². The number of carboxylic acids is 1. The fourth-order valence-electron chi connectivity index (χ4n) is 5.19. The van der Waals surface area contributed by atoms with Gasteiger partial charge in [0.25, 0.3) is 0 Å².